The Kier molecular flexibility index (Phi) is 3.51. The number of hydrogen-bond donors (Lipinski definition) is 0. The van der Waals surface area contributed by atoms with Crippen LogP contribution in [0.5, 0.6) is 0 Å². The van der Waals surface area contributed by atoms with Gasteiger partial charge in [-0.2, -0.15) is 0 Å². The maximum atomic E-state index is 11.5. The molecular formula is C10H10BrClO. The first kappa shape index (κ1) is 10.7. The number of carbonyl (C=O) groups is 1. The molecule has 1 nitrogen and oxygen atoms in total. The number of benzene rings is 1. The topological polar surface area (TPSA) is 17.1 Å². The minimum Gasteiger partial charge on any atom is -0.293 e. The molecule has 0 fully saturated rings. The molecule has 0 spiro atoms. The van der Waals surface area contributed by atoms with Crippen LogP contribution in [0.25, 0.3) is 0 Å². The second kappa shape index (κ2) is 4.25. The monoisotopic (exact) mass is 260 g/mol. The minimum absolute atomic E-state index is 0.0831. The molecule has 13 heavy (non-hydrogen) atoms. The lowest BCUT2D eigenvalue weighted by Crippen LogP contribution is -2.09. The Morgan fingerprint density at radius 2 is 2.15 bits per heavy atom. The van der Waals surface area contributed by atoms with E-state index in [4.69, 9.17) is 11.6 Å². The fraction of sp³-hybridized carbons (Fsp3) is 0.300. The number of hydrogen-bond acceptors (Lipinski definition) is 1. The SMILES string of the molecule is Cc1cc(C(=O)C(C)Br)ccc1Cl. The van der Waals surface area contributed by atoms with Crippen LogP contribution >= 0.6 is 27.5 Å². The zero-order valence-corrected chi connectivity index (χ0v) is 9.82. The molecule has 0 aromatic heterocycles. The van der Waals surface area contributed by atoms with E-state index in [0.717, 1.165) is 5.56 Å². The lowest BCUT2D eigenvalue weighted by Gasteiger charge is -2.04. The number of carbonyl (C=O) groups excluding carboxylic acids is 1. The summed E-state index contributed by atoms with van der Waals surface area (Å²) in [7, 11) is 0. The molecule has 0 amide bonds. The minimum atomic E-state index is -0.145. The molecule has 3 heteroatoms. The molecule has 0 saturated heterocycles. The van der Waals surface area contributed by atoms with Gasteiger partial charge in [-0.3, -0.25) is 4.79 Å². The van der Waals surface area contributed by atoms with E-state index in [-0.39, 0.29) is 10.6 Å². The van der Waals surface area contributed by atoms with E-state index in [0.29, 0.717) is 10.6 Å². The van der Waals surface area contributed by atoms with Gasteiger partial charge in [-0.1, -0.05) is 27.5 Å². The lowest BCUT2D eigenvalue weighted by atomic mass is 10.1. The van der Waals surface area contributed by atoms with Crippen molar-refractivity contribution in [2.45, 2.75) is 18.7 Å². The second-order valence-corrected chi connectivity index (χ2v) is 4.72. The van der Waals surface area contributed by atoms with E-state index in [9.17, 15) is 4.79 Å². The van der Waals surface area contributed by atoms with Gasteiger partial charge in [0.15, 0.2) is 5.78 Å². The zero-order chi connectivity index (χ0) is 10.0. The van der Waals surface area contributed by atoms with Crippen molar-refractivity contribution in [1.82, 2.24) is 0 Å². The van der Waals surface area contributed by atoms with Crippen molar-refractivity contribution < 1.29 is 4.79 Å². The number of alkyl halides is 1. The molecule has 70 valence electrons. The van der Waals surface area contributed by atoms with Crippen LogP contribution in [0.15, 0.2) is 18.2 Å². The Bertz CT molecular complexity index is 334. The standard InChI is InChI=1S/C10H10BrClO/c1-6-5-8(3-4-9(6)12)10(13)7(2)11/h3-5,7H,1-2H3. The molecule has 0 aliphatic carbocycles. The first-order valence-corrected chi connectivity index (χ1v) is 5.26. The molecule has 1 atom stereocenters. The third kappa shape index (κ3) is 2.55. The average molecular weight is 262 g/mol. The molecule has 0 heterocycles. The summed E-state index contributed by atoms with van der Waals surface area (Å²) in [6.45, 7) is 3.70. The van der Waals surface area contributed by atoms with Crippen LogP contribution in [0, 0.1) is 6.92 Å². The van der Waals surface area contributed by atoms with Gasteiger partial charge in [0.05, 0.1) is 4.83 Å². The highest BCUT2D eigenvalue weighted by Crippen LogP contribution is 2.18. The normalized spacial score (nSPS) is 12.6. The summed E-state index contributed by atoms with van der Waals surface area (Å²) in [5.74, 6) is 0.0831. The van der Waals surface area contributed by atoms with Crippen molar-refractivity contribution in [1.29, 1.82) is 0 Å². The third-order valence-electron chi connectivity index (χ3n) is 1.80. The molecule has 0 aliphatic heterocycles. The van der Waals surface area contributed by atoms with E-state index in [2.05, 4.69) is 15.9 Å². The fourth-order valence-corrected chi connectivity index (χ4v) is 1.41. The number of halogens is 2. The van der Waals surface area contributed by atoms with E-state index < -0.39 is 0 Å². The Hall–Kier alpha value is -0.340. The Morgan fingerprint density at radius 1 is 1.54 bits per heavy atom. The van der Waals surface area contributed by atoms with Crippen LogP contribution in [0.2, 0.25) is 5.02 Å². The van der Waals surface area contributed by atoms with E-state index >= 15 is 0 Å². The molecule has 0 N–H and O–H groups in total. The quantitative estimate of drug-likeness (QED) is 0.587. The molecule has 0 saturated carbocycles. The van der Waals surface area contributed by atoms with Gasteiger partial charge in [-0.25, -0.2) is 0 Å². The van der Waals surface area contributed by atoms with Gasteiger partial charge in [-0.05, 0) is 37.6 Å². The van der Waals surface area contributed by atoms with Crippen molar-refractivity contribution in [3.05, 3.63) is 34.3 Å². The number of ketones is 1. The predicted octanol–water partition coefficient (Wildman–Crippen LogP) is 3.61. The summed E-state index contributed by atoms with van der Waals surface area (Å²) in [6.07, 6.45) is 0. The van der Waals surface area contributed by atoms with Gasteiger partial charge < -0.3 is 0 Å². The van der Waals surface area contributed by atoms with Gasteiger partial charge in [-0.15, -0.1) is 0 Å². The molecule has 1 aromatic carbocycles. The van der Waals surface area contributed by atoms with Gasteiger partial charge in [0.2, 0.25) is 0 Å². The summed E-state index contributed by atoms with van der Waals surface area (Å²) >= 11 is 9.08. The second-order valence-electron chi connectivity index (χ2n) is 2.94. The van der Waals surface area contributed by atoms with Crippen molar-refractivity contribution >= 4 is 33.3 Å². The van der Waals surface area contributed by atoms with Gasteiger partial charge in [0.1, 0.15) is 0 Å². The molecule has 0 bridgehead atoms. The van der Waals surface area contributed by atoms with Crippen LogP contribution < -0.4 is 0 Å². The average Bonchev–Trinajstić information content (AvgIpc) is 2.08. The summed E-state index contributed by atoms with van der Waals surface area (Å²) in [5, 5.41) is 0.693. The Balaban J connectivity index is 3.04. The smallest absolute Gasteiger partial charge is 0.176 e. The number of aryl methyl sites for hydroxylation is 1. The Morgan fingerprint density at radius 3 is 2.62 bits per heavy atom. The van der Waals surface area contributed by atoms with Crippen LogP contribution in [-0.4, -0.2) is 10.6 Å². The summed E-state index contributed by atoms with van der Waals surface area (Å²) in [6, 6.07) is 5.30. The summed E-state index contributed by atoms with van der Waals surface area (Å²) in [4.78, 5) is 11.4. The van der Waals surface area contributed by atoms with Gasteiger partial charge >= 0.3 is 0 Å². The van der Waals surface area contributed by atoms with Gasteiger partial charge in [0, 0.05) is 10.6 Å². The Labute approximate surface area is 91.2 Å². The number of rotatable bonds is 2. The van der Waals surface area contributed by atoms with E-state index in [1.54, 1.807) is 12.1 Å². The highest BCUT2D eigenvalue weighted by Gasteiger charge is 2.12. The molecule has 0 radical (unpaired) electrons. The maximum Gasteiger partial charge on any atom is 0.176 e. The lowest BCUT2D eigenvalue weighted by molar-refractivity contribution is 0.0996. The zero-order valence-electron chi connectivity index (χ0n) is 7.47. The molecule has 1 aromatic rings. The summed E-state index contributed by atoms with van der Waals surface area (Å²) in [5.41, 5.74) is 1.63. The van der Waals surface area contributed by atoms with Crippen LogP contribution in [0.3, 0.4) is 0 Å². The molecule has 1 unspecified atom stereocenters. The number of Topliss-reactive ketones (excluding diaryl/α,β-unsaturated/α-hetero) is 1. The fourth-order valence-electron chi connectivity index (χ4n) is 1.03. The first-order chi connectivity index (χ1) is 6.02. The first-order valence-electron chi connectivity index (χ1n) is 3.97. The van der Waals surface area contributed by atoms with Gasteiger partial charge in [0.25, 0.3) is 0 Å². The van der Waals surface area contributed by atoms with Crippen LogP contribution in [0.1, 0.15) is 22.8 Å². The van der Waals surface area contributed by atoms with Crippen molar-refractivity contribution in [3.8, 4) is 0 Å². The van der Waals surface area contributed by atoms with Crippen molar-refractivity contribution in [2.75, 3.05) is 0 Å². The van der Waals surface area contributed by atoms with Crippen LogP contribution in [-0.2, 0) is 0 Å². The highest BCUT2D eigenvalue weighted by molar-refractivity contribution is 9.10. The highest BCUT2D eigenvalue weighted by atomic mass is 79.9. The van der Waals surface area contributed by atoms with Crippen molar-refractivity contribution in [3.63, 3.8) is 0 Å². The molecular weight excluding hydrogens is 251 g/mol. The predicted molar refractivity (Wildman–Crippen MR) is 58.9 cm³/mol. The summed E-state index contributed by atoms with van der Waals surface area (Å²) < 4.78 is 0. The van der Waals surface area contributed by atoms with Crippen LogP contribution in [0.4, 0.5) is 0 Å². The molecule has 1 rings (SSSR count). The largest absolute Gasteiger partial charge is 0.293 e. The third-order valence-corrected chi connectivity index (χ3v) is 2.64. The van der Waals surface area contributed by atoms with E-state index in [1.165, 1.54) is 0 Å². The van der Waals surface area contributed by atoms with E-state index in [1.807, 2.05) is 19.9 Å². The maximum absolute atomic E-state index is 11.5. The molecule has 0 aliphatic rings. The van der Waals surface area contributed by atoms with Crippen molar-refractivity contribution in [2.24, 2.45) is 0 Å².